The topological polar surface area (TPSA) is 101 Å². The van der Waals surface area contributed by atoms with Crippen molar-refractivity contribution in [1.82, 2.24) is 20.2 Å². The number of aryl methyl sites for hydroxylation is 1. The van der Waals surface area contributed by atoms with Crippen LogP contribution < -0.4 is 11.1 Å². The number of nitrogens with two attached hydrogens (primary N) is 1. The van der Waals surface area contributed by atoms with Gasteiger partial charge in [0.25, 0.3) is 5.91 Å². The average Bonchev–Trinajstić information content (AvgIpc) is 2.33. The van der Waals surface area contributed by atoms with Gasteiger partial charge in [0, 0.05) is 32.3 Å². The molecule has 0 bridgehead atoms. The zero-order chi connectivity index (χ0) is 14.0. The molecule has 0 aliphatic carbocycles. The first-order valence-corrected chi connectivity index (χ1v) is 6.11. The lowest BCUT2D eigenvalue weighted by molar-refractivity contribution is -0.132. The van der Waals surface area contributed by atoms with Crippen molar-refractivity contribution in [2.75, 3.05) is 19.3 Å². The van der Waals surface area contributed by atoms with E-state index in [-0.39, 0.29) is 23.8 Å². The molecule has 102 valence electrons. The maximum Gasteiger partial charge on any atom is 0.254 e. The van der Waals surface area contributed by atoms with E-state index in [1.54, 1.807) is 18.9 Å². The fraction of sp³-hybridized carbons (Fsp3) is 0.500. The predicted molar refractivity (Wildman–Crippen MR) is 69.3 cm³/mol. The number of likely N-dealkylation sites (N-methyl/N-ethyl adjacent to an activating group) is 1. The van der Waals surface area contributed by atoms with Gasteiger partial charge in [-0.15, -0.1) is 0 Å². The third-order valence-electron chi connectivity index (χ3n) is 3.20. The fourth-order valence-corrected chi connectivity index (χ4v) is 2.10. The zero-order valence-electron chi connectivity index (χ0n) is 11.0. The van der Waals surface area contributed by atoms with E-state index in [1.807, 2.05) is 0 Å². The summed E-state index contributed by atoms with van der Waals surface area (Å²) in [6, 6.07) is -0.0350. The van der Waals surface area contributed by atoms with Crippen LogP contribution in [0.4, 0.5) is 5.95 Å². The molecule has 1 aromatic rings. The van der Waals surface area contributed by atoms with E-state index >= 15 is 0 Å². The highest BCUT2D eigenvalue weighted by atomic mass is 16.2. The second-order valence-electron chi connectivity index (χ2n) is 4.71. The molecule has 1 atom stereocenters. The second kappa shape index (κ2) is 5.21. The number of carbonyl (C=O) groups is 2. The first-order valence-electron chi connectivity index (χ1n) is 6.11. The summed E-state index contributed by atoms with van der Waals surface area (Å²) < 4.78 is 0. The van der Waals surface area contributed by atoms with E-state index < -0.39 is 0 Å². The largest absolute Gasteiger partial charge is 0.368 e. The van der Waals surface area contributed by atoms with Crippen molar-refractivity contribution in [2.45, 2.75) is 25.8 Å². The number of hydrogen-bond donors (Lipinski definition) is 2. The van der Waals surface area contributed by atoms with Gasteiger partial charge in [-0.05, 0) is 13.3 Å². The van der Waals surface area contributed by atoms with Gasteiger partial charge in [-0.1, -0.05) is 0 Å². The molecule has 2 heterocycles. The van der Waals surface area contributed by atoms with Gasteiger partial charge >= 0.3 is 0 Å². The Balaban J connectivity index is 2.03. The van der Waals surface area contributed by atoms with Gasteiger partial charge in [-0.3, -0.25) is 9.59 Å². The third kappa shape index (κ3) is 2.98. The smallest absolute Gasteiger partial charge is 0.254 e. The van der Waals surface area contributed by atoms with Crippen LogP contribution in [0.25, 0.3) is 0 Å². The molecule has 7 heteroatoms. The van der Waals surface area contributed by atoms with Crippen LogP contribution in [-0.4, -0.2) is 46.3 Å². The molecule has 19 heavy (non-hydrogen) atoms. The lowest BCUT2D eigenvalue weighted by Gasteiger charge is -2.30. The van der Waals surface area contributed by atoms with Crippen molar-refractivity contribution in [2.24, 2.45) is 0 Å². The molecule has 1 aromatic heterocycles. The molecular weight excluding hydrogens is 246 g/mol. The zero-order valence-corrected chi connectivity index (χ0v) is 11.0. The van der Waals surface area contributed by atoms with Gasteiger partial charge in [0.05, 0.1) is 11.3 Å². The number of hydrogen-bond acceptors (Lipinski definition) is 5. The monoisotopic (exact) mass is 263 g/mol. The van der Waals surface area contributed by atoms with Crippen LogP contribution in [0.1, 0.15) is 28.9 Å². The lowest BCUT2D eigenvalue weighted by Crippen LogP contribution is -2.48. The van der Waals surface area contributed by atoms with Crippen LogP contribution in [0.2, 0.25) is 0 Å². The van der Waals surface area contributed by atoms with Crippen LogP contribution in [-0.2, 0) is 4.79 Å². The van der Waals surface area contributed by atoms with E-state index in [9.17, 15) is 9.59 Å². The standard InChI is InChI=1S/C12H17N5O2/c1-7-9(5-14-12(13)15-7)11(19)16-8-3-4-10(18)17(2)6-8/h5,8H,3-4,6H2,1-2H3,(H,16,19)(H2,13,14,15)/t8-/m0/s1. The van der Waals surface area contributed by atoms with Crippen LogP contribution in [0.5, 0.6) is 0 Å². The SMILES string of the molecule is Cc1nc(N)ncc1C(=O)N[C@H]1CCC(=O)N(C)C1. The van der Waals surface area contributed by atoms with Crippen molar-refractivity contribution in [1.29, 1.82) is 0 Å². The van der Waals surface area contributed by atoms with E-state index in [0.29, 0.717) is 30.6 Å². The molecule has 7 nitrogen and oxygen atoms in total. The van der Waals surface area contributed by atoms with E-state index in [0.717, 1.165) is 0 Å². The van der Waals surface area contributed by atoms with Gasteiger partial charge < -0.3 is 16.0 Å². The minimum atomic E-state index is -0.231. The Hall–Kier alpha value is -2.18. The van der Waals surface area contributed by atoms with Gasteiger partial charge in [-0.2, -0.15) is 0 Å². The van der Waals surface area contributed by atoms with E-state index in [4.69, 9.17) is 5.73 Å². The Kier molecular flexibility index (Phi) is 3.64. The quantitative estimate of drug-likeness (QED) is 0.764. The number of rotatable bonds is 2. The summed E-state index contributed by atoms with van der Waals surface area (Å²) in [5.74, 6) is 0.0276. The molecule has 1 aliphatic rings. The molecular formula is C12H17N5O2. The number of nitrogens with one attached hydrogen (secondary N) is 1. The molecule has 0 spiro atoms. The van der Waals surface area contributed by atoms with Crippen LogP contribution in [0.3, 0.4) is 0 Å². The summed E-state index contributed by atoms with van der Waals surface area (Å²) >= 11 is 0. The highest BCUT2D eigenvalue weighted by molar-refractivity contribution is 5.95. The minimum Gasteiger partial charge on any atom is -0.368 e. The number of anilines is 1. The predicted octanol–water partition coefficient (Wildman–Crippen LogP) is -0.282. The molecule has 1 saturated heterocycles. The van der Waals surface area contributed by atoms with Gasteiger partial charge in [0.2, 0.25) is 11.9 Å². The van der Waals surface area contributed by atoms with Gasteiger partial charge in [0.1, 0.15) is 0 Å². The number of nitrogen functional groups attached to an aromatic ring is 1. The molecule has 0 radical (unpaired) electrons. The first-order chi connectivity index (χ1) is 8.97. The first kappa shape index (κ1) is 13.3. The van der Waals surface area contributed by atoms with Crippen LogP contribution >= 0.6 is 0 Å². The summed E-state index contributed by atoms with van der Waals surface area (Å²) in [5.41, 5.74) is 6.40. The van der Waals surface area contributed by atoms with Gasteiger partial charge in [0.15, 0.2) is 0 Å². The van der Waals surface area contributed by atoms with Crippen molar-refractivity contribution in [3.63, 3.8) is 0 Å². The Bertz CT molecular complexity index is 517. The van der Waals surface area contributed by atoms with Crippen molar-refractivity contribution in [3.05, 3.63) is 17.5 Å². The van der Waals surface area contributed by atoms with Crippen LogP contribution in [0.15, 0.2) is 6.20 Å². The van der Waals surface area contributed by atoms with Crippen LogP contribution in [0, 0.1) is 6.92 Å². The molecule has 0 aromatic carbocycles. The maximum absolute atomic E-state index is 12.1. The number of nitrogens with zero attached hydrogens (tertiary/aromatic N) is 3. The summed E-state index contributed by atoms with van der Waals surface area (Å²) in [7, 11) is 1.73. The van der Waals surface area contributed by atoms with E-state index in [2.05, 4.69) is 15.3 Å². The maximum atomic E-state index is 12.1. The molecule has 2 rings (SSSR count). The molecule has 2 amide bonds. The summed E-state index contributed by atoms with van der Waals surface area (Å²) in [6.07, 6.45) is 2.53. The normalized spacial score (nSPS) is 19.4. The number of piperidine rings is 1. The molecule has 1 fully saturated rings. The molecule has 0 saturated carbocycles. The summed E-state index contributed by atoms with van der Waals surface area (Å²) in [5, 5.41) is 2.89. The Morgan fingerprint density at radius 2 is 2.32 bits per heavy atom. The van der Waals surface area contributed by atoms with E-state index in [1.165, 1.54) is 6.20 Å². The van der Waals surface area contributed by atoms with Crippen molar-refractivity contribution < 1.29 is 9.59 Å². The summed E-state index contributed by atoms with van der Waals surface area (Å²) in [6.45, 7) is 2.24. The highest BCUT2D eigenvalue weighted by Crippen LogP contribution is 2.11. The second-order valence-corrected chi connectivity index (χ2v) is 4.71. The molecule has 0 unspecified atom stereocenters. The molecule has 1 aliphatic heterocycles. The number of aromatic nitrogens is 2. The lowest BCUT2D eigenvalue weighted by atomic mass is 10.1. The Labute approximate surface area is 111 Å². The third-order valence-corrected chi connectivity index (χ3v) is 3.20. The minimum absolute atomic E-state index is 0.0350. The average molecular weight is 263 g/mol. The Morgan fingerprint density at radius 3 is 2.95 bits per heavy atom. The fourth-order valence-electron chi connectivity index (χ4n) is 2.10. The number of likely N-dealkylation sites (tertiary alicyclic amines) is 1. The number of amides is 2. The highest BCUT2D eigenvalue weighted by Gasteiger charge is 2.25. The van der Waals surface area contributed by atoms with Gasteiger partial charge in [-0.25, -0.2) is 9.97 Å². The van der Waals surface area contributed by atoms with Crippen molar-refractivity contribution in [3.8, 4) is 0 Å². The Morgan fingerprint density at radius 1 is 1.58 bits per heavy atom. The molecule has 3 N–H and O–H groups in total. The number of carbonyl (C=O) groups excluding carboxylic acids is 2. The van der Waals surface area contributed by atoms with Crippen molar-refractivity contribution >= 4 is 17.8 Å². The summed E-state index contributed by atoms with van der Waals surface area (Å²) in [4.78, 5) is 32.9.